The van der Waals surface area contributed by atoms with Crippen molar-refractivity contribution in [1.29, 1.82) is 0 Å². The lowest BCUT2D eigenvalue weighted by Gasteiger charge is -2.22. The van der Waals surface area contributed by atoms with Crippen LogP contribution in [0.1, 0.15) is 18.1 Å². The van der Waals surface area contributed by atoms with E-state index in [0.717, 1.165) is 11.3 Å². The molecule has 0 aliphatic rings. The van der Waals surface area contributed by atoms with Crippen molar-refractivity contribution in [3.63, 3.8) is 0 Å². The second-order valence-electron chi connectivity index (χ2n) is 4.32. The van der Waals surface area contributed by atoms with Crippen LogP contribution in [0.4, 0.5) is 5.69 Å². The van der Waals surface area contributed by atoms with Gasteiger partial charge < -0.3 is 10.6 Å². The van der Waals surface area contributed by atoms with E-state index in [2.05, 4.69) is 6.07 Å². The summed E-state index contributed by atoms with van der Waals surface area (Å²) >= 11 is 0. The highest BCUT2D eigenvalue weighted by Crippen LogP contribution is 2.21. The highest BCUT2D eigenvalue weighted by molar-refractivity contribution is 5.95. The molecule has 88 valence electrons. The summed E-state index contributed by atoms with van der Waals surface area (Å²) in [7, 11) is 1.80. The van der Waals surface area contributed by atoms with Crippen molar-refractivity contribution in [2.45, 2.75) is 20.8 Å². The Labute approximate surface area is 97.2 Å². The maximum atomic E-state index is 12.0. The number of amides is 1. The fraction of sp³-hybridized carbons (Fsp3) is 0.462. The van der Waals surface area contributed by atoms with Crippen molar-refractivity contribution in [3.05, 3.63) is 29.3 Å². The molecule has 3 heteroatoms. The molecular formula is C13H20N2O. The molecule has 0 fully saturated rings. The molecule has 0 spiro atoms. The minimum Gasteiger partial charge on any atom is -0.330 e. The van der Waals surface area contributed by atoms with Crippen LogP contribution in [0, 0.1) is 19.8 Å². The van der Waals surface area contributed by atoms with Gasteiger partial charge in [0.25, 0.3) is 0 Å². The van der Waals surface area contributed by atoms with Gasteiger partial charge in [-0.1, -0.05) is 24.6 Å². The Hall–Kier alpha value is -1.35. The van der Waals surface area contributed by atoms with Gasteiger partial charge in [-0.2, -0.15) is 0 Å². The fourth-order valence-electron chi connectivity index (χ4n) is 1.73. The first kappa shape index (κ1) is 12.7. The van der Waals surface area contributed by atoms with Gasteiger partial charge in [0.2, 0.25) is 5.91 Å². The van der Waals surface area contributed by atoms with E-state index in [1.165, 1.54) is 5.56 Å². The Morgan fingerprint density at radius 3 is 2.56 bits per heavy atom. The SMILES string of the molecule is Cc1ccc(N(C)C(=O)C(C)CN)c(C)c1. The first-order chi connectivity index (χ1) is 7.47. The van der Waals surface area contributed by atoms with E-state index in [0.29, 0.717) is 6.54 Å². The predicted molar refractivity (Wildman–Crippen MR) is 67.5 cm³/mol. The summed E-state index contributed by atoms with van der Waals surface area (Å²) in [6.07, 6.45) is 0. The molecule has 1 aromatic carbocycles. The summed E-state index contributed by atoms with van der Waals surface area (Å²) in [6, 6.07) is 6.07. The van der Waals surface area contributed by atoms with Gasteiger partial charge >= 0.3 is 0 Å². The first-order valence-corrected chi connectivity index (χ1v) is 5.52. The molecule has 0 heterocycles. The van der Waals surface area contributed by atoms with Crippen LogP contribution in [0.3, 0.4) is 0 Å². The van der Waals surface area contributed by atoms with Crippen LogP contribution < -0.4 is 10.6 Å². The van der Waals surface area contributed by atoms with Crippen LogP contribution in [-0.4, -0.2) is 19.5 Å². The minimum absolute atomic E-state index is 0.0643. The number of hydrogen-bond donors (Lipinski definition) is 1. The van der Waals surface area contributed by atoms with E-state index in [4.69, 9.17) is 5.73 Å². The molecule has 3 nitrogen and oxygen atoms in total. The predicted octanol–water partition coefficient (Wildman–Crippen LogP) is 1.86. The molecule has 0 saturated heterocycles. The van der Waals surface area contributed by atoms with E-state index in [1.807, 2.05) is 32.9 Å². The van der Waals surface area contributed by atoms with Crippen molar-refractivity contribution in [1.82, 2.24) is 0 Å². The third-order valence-electron chi connectivity index (χ3n) is 2.82. The lowest BCUT2D eigenvalue weighted by molar-refractivity contribution is -0.121. The van der Waals surface area contributed by atoms with E-state index in [-0.39, 0.29) is 11.8 Å². The summed E-state index contributed by atoms with van der Waals surface area (Å²) < 4.78 is 0. The molecule has 2 N–H and O–H groups in total. The maximum Gasteiger partial charge on any atom is 0.230 e. The largest absolute Gasteiger partial charge is 0.330 e. The van der Waals surface area contributed by atoms with Crippen LogP contribution >= 0.6 is 0 Å². The van der Waals surface area contributed by atoms with Gasteiger partial charge in [0, 0.05) is 25.2 Å². The Balaban J connectivity index is 2.96. The Morgan fingerprint density at radius 2 is 2.06 bits per heavy atom. The van der Waals surface area contributed by atoms with Crippen LogP contribution in [0.15, 0.2) is 18.2 Å². The fourth-order valence-corrected chi connectivity index (χ4v) is 1.73. The van der Waals surface area contributed by atoms with Crippen molar-refractivity contribution in [2.24, 2.45) is 11.7 Å². The van der Waals surface area contributed by atoms with Gasteiger partial charge in [0.1, 0.15) is 0 Å². The van der Waals surface area contributed by atoms with Gasteiger partial charge in [0.15, 0.2) is 0 Å². The molecule has 16 heavy (non-hydrogen) atoms. The second-order valence-corrected chi connectivity index (χ2v) is 4.32. The topological polar surface area (TPSA) is 46.3 Å². The van der Waals surface area contributed by atoms with Crippen molar-refractivity contribution < 1.29 is 4.79 Å². The van der Waals surface area contributed by atoms with Crippen molar-refractivity contribution in [2.75, 3.05) is 18.5 Å². The summed E-state index contributed by atoms with van der Waals surface area (Å²) in [5.74, 6) is -0.0693. The number of anilines is 1. The van der Waals surface area contributed by atoms with Crippen LogP contribution in [0.25, 0.3) is 0 Å². The molecule has 0 aliphatic carbocycles. The zero-order chi connectivity index (χ0) is 12.3. The quantitative estimate of drug-likeness (QED) is 0.845. The summed E-state index contributed by atoms with van der Waals surface area (Å²) in [4.78, 5) is 13.6. The summed E-state index contributed by atoms with van der Waals surface area (Å²) in [6.45, 7) is 6.29. The van der Waals surface area contributed by atoms with Crippen LogP contribution in [-0.2, 0) is 4.79 Å². The molecule has 0 aromatic heterocycles. The smallest absolute Gasteiger partial charge is 0.230 e. The summed E-state index contributed by atoms with van der Waals surface area (Å²) in [5, 5.41) is 0. The molecule has 0 aliphatic heterocycles. The van der Waals surface area contributed by atoms with Gasteiger partial charge in [0.05, 0.1) is 0 Å². The molecule has 0 radical (unpaired) electrons. The Morgan fingerprint density at radius 1 is 1.44 bits per heavy atom. The van der Waals surface area contributed by atoms with Crippen LogP contribution in [0.5, 0.6) is 0 Å². The Bertz CT molecular complexity index is 388. The molecule has 1 aromatic rings. The number of nitrogens with two attached hydrogens (primary N) is 1. The monoisotopic (exact) mass is 220 g/mol. The third kappa shape index (κ3) is 2.61. The number of nitrogens with zero attached hydrogens (tertiary/aromatic N) is 1. The maximum absolute atomic E-state index is 12.0. The highest BCUT2D eigenvalue weighted by Gasteiger charge is 2.18. The van der Waals surface area contributed by atoms with Crippen molar-refractivity contribution in [3.8, 4) is 0 Å². The van der Waals surface area contributed by atoms with E-state index >= 15 is 0 Å². The van der Waals surface area contributed by atoms with Gasteiger partial charge in [-0.15, -0.1) is 0 Å². The standard InChI is InChI=1S/C13H20N2O/c1-9-5-6-12(10(2)7-9)15(4)13(16)11(3)8-14/h5-7,11H,8,14H2,1-4H3. The highest BCUT2D eigenvalue weighted by atomic mass is 16.2. The van der Waals surface area contributed by atoms with Crippen LogP contribution in [0.2, 0.25) is 0 Å². The summed E-state index contributed by atoms with van der Waals surface area (Å²) in [5.41, 5.74) is 8.77. The normalized spacial score (nSPS) is 12.3. The Kier molecular flexibility index (Phi) is 4.07. The number of rotatable bonds is 3. The van der Waals surface area contributed by atoms with E-state index < -0.39 is 0 Å². The number of benzene rings is 1. The van der Waals surface area contributed by atoms with Gasteiger partial charge in [-0.05, 0) is 25.5 Å². The van der Waals surface area contributed by atoms with Gasteiger partial charge in [-0.25, -0.2) is 0 Å². The number of carbonyl (C=O) groups excluding carboxylic acids is 1. The van der Waals surface area contributed by atoms with Gasteiger partial charge in [-0.3, -0.25) is 4.79 Å². The second kappa shape index (κ2) is 5.12. The molecular weight excluding hydrogens is 200 g/mol. The number of hydrogen-bond acceptors (Lipinski definition) is 2. The lowest BCUT2D eigenvalue weighted by Crippen LogP contribution is -2.35. The zero-order valence-electron chi connectivity index (χ0n) is 10.4. The minimum atomic E-state index is -0.134. The average Bonchev–Trinajstić information content (AvgIpc) is 2.26. The molecule has 0 saturated carbocycles. The molecule has 1 amide bonds. The van der Waals surface area contributed by atoms with Crippen molar-refractivity contribution >= 4 is 11.6 Å². The molecule has 1 unspecified atom stereocenters. The first-order valence-electron chi connectivity index (χ1n) is 5.52. The number of aryl methyl sites for hydroxylation is 2. The molecule has 1 rings (SSSR count). The number of carbonyl (C=O) groups is 1. The molecule has 0 bridgehead atoms. The molecule has 1 atom stereocenters. The lowest BCUT2D eigenvalue weighted by atomic mass is 10.1. The zero-order valence-corrected chi connectivity index (χ0v) is 10.4. The average molecular weight is 220 g/mol. The van der Waals surface area contributed by atoms with E-state index in [9.17, 15) is 4.79 Å². The third-order valence-corrected chi connectivity index (χ3v) is 2.82. The van der Waals surface area contributed by atoms with E-state index in [1.54, 1.807) is 11.9 Å².